The molecule has 2 aliphatic heterocycles. The third-order valence-electron chi connectivity index (χ3n) is 4.80. The second-order valence-electron chi connectivity index (χ2n) is 6.67. The predicted octanol–water partition coefficient (Wildman–Crippen LogP) is 1.37. The summed E-state index contributed by atoms with van der Waals surface area (Å²) < 4.78 is 1.66. The number of hydrogen-bond donors (Lipinski definition) is 0. The van der Waals surface area contributed by atoms with Crippen molar-refractivity contribution in [1.82, 2.24) is 19.6 Å². The summed E-state index contributed by atoms with van der Waals surface area (Å²) in [5.74, 6) is 0.122. The zero-order chi connectivity index (χ0) is 14.3. The molecule has 5 heteroatoms. The first-order chi connectivity index (χ1) is 9.51. The molecule has 0 radical (unpaired) electrons. The third-order valence-corrected chi connectivity index (χ3v) is 4.80. The third kappa shape index (κ3) is 2.24. The van der Waals surface area contributed by atoms with Crippen LogP contribution in [-0.2, 0) is 7.05 Å². The van der Waals surface area contributed by atoms with Crippen molar-refractivity contribution in [3.05, 3.63) is 18.0 Å². The van der Waals surface area contributed by atoms with Crippen molar-refractivity contribution in [2.75, 3.05) is 26.2 Å². The zero-order valence-electron chi connectivity index (χ0n) is 12.7. The highest BCUT2D eigenvalue weighted by Gasteiger charge is 2.48. The van der Waals surface area contributed by atoms with Gasteiger partial charge in [-0.1, -0.05) is 0 Å². The van der Waals surface area contributed by atoms with E-state index in [4.69, 9.17) is 0 Å². The minimum absolute atomic E-state index is 0.122. The van der Waals surface area contributed by atoms with Crippen LogP contribution in [0, 0.1) is 5.41 Å². The van der Waals surface area contributed by atoms with Crippen LogP contribution in [0.5, 0.6) is 0 Å². The van der Waals surface area contributed by atoms with Gasteiger partial charge >= 0.3 is 0 Å². The molecule has 0 aromatic carbocycles. The van der Waals surface area contributed by atoms with Gasteiger partial charge in [0.2, 0.25) is 0 Å². The van der Waals surface area contributed by atoms with Crippen LogP contribution >= 0.6 is 0 Å². The van der Waals surface area contributed by atoms with Crippen LogP contribution in [-0.4, -0.2) is 57.7 Å². The monoisotopic (exact) mass is 276 g/mol. The first-order valence-corrected chi connectivity index (χ1v) is 7.52. The lowest BCUT2D eigenvalue weighted by Gasteiger charge is -2.55. The Hall–Kier alpha value is -1.36. The normalized spacial score (nSPS) is 22.3. The molecule has 3 rings (SSSR count). The fourth-order valence-corrected chi connectivity index (χ4v) is 3.60. The number of amides is 1. The molecule has 1 aromatic rings. The number of hydrogen-bond acceptors (Lipinski definition) is 3. The molecule has 0 N–H and O–H groups in total. The van der Waals surface area contributed by atoms with E-state index in [2.05, 4.69) is 23.8 Å². The fraction of sp³-hybridized carbons (Fsp3) is 0.733. The number of aryl methyl sites for hydroxylation is 1. The Bertz CT molecular complexity index is 502. The second-order valence-corrected chi connectivity index (χ2v) is 6.67. The molecule has 5 nitrogen and oxygen atoms in total. The van der Waals surface area contributed by atoms with Crippen molar-refractivity contribution < 1.29 is 4.79 Å². The van der Waals surface area contributed by atoms with Crippen molar-refractivity contribution in [3.8, 4) is 0 Å². The molecule has 0 bridgehead atoms. The van der Waals surface area contributed by atoms with E-state index in [9.17, 15) is 4.79 Å². The summed E-state index contributed by atoms with van der Waals surface area (Å²) in [5.41, 5.74) is 1.04. The van der Waals surface area contributed by atoms with Gasteiger partial charge in [-0.05, 0) is 39.3 Å². The molecule has 0 saturated carbocycles. The van der Waals surface area contributed by atoms with E-state index in [0.717, 1.165) is 19.6 Å². The number of piperidine rings is 1. The summed E-state index contributed by atoms with van der Waals surface area (Å²) in [6, 6.07) is 2.41. The van der Waals surface area contributed by atoms with E-state index in [0.29, 0.717) is 17.2 Å². The van der Waals surface area contributed by atoms with Gasteiger partial charge in [-0.25, -0.2) is 0 Å². The highest BCUT2D eigenvalue weighted by molar-refractivity contribution is 5.93. The number of carbonyl (C=O) groups excluding carboxylic acids is 1. The Balaban J connectivity index is 1.63. The Labute approximate surface area is 120 Å². The standard InChI is InChI=1S/C15H24N4O/c1-12(2)18-8-4-6-15(9-18)10-19(11-15)14(20)13-5-7-16-17(13)3/h5,7,12H,4,6,8-11H2,1-3H3. The Morgan fingerprint density at radius 1 is 1.35 bits per heavy atom. The molecule has 1 amide bonds. The van der Waals surface area contributed by atoms with E-state index in [1.54, 1.807) is 16.9 Å². The number of rotatable bonds is 2. The van der Waals surface area contributed by atoms with E-state index in [1.165, 1.54) is 19.4 Å². The molecule has 0 unspecified atom stereocenters. The van der Waals surface area contributed by atoms with Crippen LogP contribution in [0.4, 0.5) is 0 Å². The molecule has 3 heterocycles. The van der Waals surface area contributed by atoms with Crippen LogP contribution < -0.4 is 0 Å². The highest BCUT2D eigenvalue weighted by atomic mass is 16.2. The lowest BCUT2D eigenvalue weighted by Crippen LogP contribution is -2.65. The van der Waals surface area contributed by atoms with Crippen LogP contribution in [0.25, 0.3) is 0 Å². The number of carbonyl (C=O) groups is 1. The Morgan fingerprint density at radius 3 is 2.70 bits per heavy atom. The summed E-state index contributed by atoms with van der Waals surface area (Å²) in [6.07, 6.45) is 4.20. The van der Waals surface area contributed by atoms with Gasteiger partial charge in [-0.15, -0.1) is 0 Å². The minimum atomic E-state index is 0.122. The molecule has 20 heavy (non-hydrogen) atoms. The fourth-order valence-electron chi connectivity index (χ4n) is 3.60. The molecule has 2 fully saturated rings. The second kappa shape index (κ2) is 4.88. The minimum Gasteiger partial charge on any atom is -0.336 e. The van der Waals surface area contributed by atoms with Crippen molar-refractivity contribution in [2.45, 2.75) is 32.7 Å². The molecule has 2 aliphatic rings. The van der Waals surface area contributed by atoms with E-state index < -0.39 is 0 Å². The van der Waals surface area contributed by atoms with E-state index >= 15 is 0 Å². The molecular weight excluding hydrogens is 252 g/mol. The largest absolute Gasteiger partial charge is 0.336 e. The molecule has 0 aliphatic carbocycles. The first kappa shape index (κ1) is 13.6. The zero-order valence-corrected chi connectivity index (χ0v) is 12.7. The van der Waals surface area contributed by atoms with Crippen molar-refractivity contribution in [3.63, 3.8) is 0 Å². The predicted molar refractivity (Wildman–Crippen MR) is 77.5 cm³/mol. The quantitative estimate of drug-likeness (QED) is 0.819. The average molecular weight is 276 g/mol. The summed E-state index contributed by atoms with van der Waals surface area (Å²) >= 11 is 0. The van der Waals surface area contributed by atoms with Crippen LogP contribution in [0.15, 0.2) is 12.3 Å². The lowest BCUT2D eigenvalue weighted by molar-refractivity contribution is -0.0469. The van der Waals surface area contributed by atoms with Crippen LogP contribution in [0.3, 0.4) is 0 Å². The lowest BCUT2D eigenvalue weighted by atomic mass is 9.73. The van der Waals surface area contributed by atoms with Crippen LogP contribution in [0.2, 0.25) is 0 Å². The number of aromatic nitrogens is 2. The maximum absolute atomic E-state index is 12.4. The van der Waals surface area contributed by atoms with E-state index in [-0.39, 0.29) is 5.91 Å². The van der Waals surface area contributed by atoms with Gasteiger partial charge in [0, 0.05) is 44.3 Å². The summed E-state index contributed by atoms with van der Waals surface area (Å²) in [6.45, 7) is 8.67. The maximum Gasteiger partial charge on any atom is 0.272 e. The molecule has 2 saturated heterocycles. The maximum atomic E-state index is 12.4. The Morgan fingerprint density at radius 2 is 2.10 bits per heavy atom. The van der Waals surface area contributed by atoms with Gasteiger partial charge < -0.3 is 9.80 Å². The molecule has 0 atom stereocenters. The van der Waals surface area contributed by atoms with Crippen molar-refractivity contribution in [2.24, 2.45) is 12.5 Å². The number of nitrogens with zero attached hydrogens (tertiary/aromatic N) is 4. The van der Waals surface area contributed by atoms with Gasteiger partial charge in [0.05, 0.1) is 0 Å². The van der Waals surface area contributed by atoms with Crippen molar-refractivity contribution >= 4 is 5.91 Å². The van der Waals surface area contributed by atoms with Crippen molar-refractivity contribution in [1.29, 1.82) is 0 Å². The number of likely N-dealkylation sites (tertiary alicyclic amines) is 2. The molecule has 1 aromatic heterocycles. The Kier molecular flexibility index (Phi) is 3.32. The van der Waals surface area contributed by atoms with Gasteiger partial charge in [-0.3, -0.25) is 9.48 Å². The highest BCUT2D eigenvalue weighted by Crippen LogP contribution is 2.40. The topological polar surface area (TPSA) is 41.4 Å². The van der Waals surface area contributed by atoms with Gasteiger partial charge in [0.1, 0.15) is 5.69 Å². The SMILES string of the molecule is CC(C)N1CCCC2(CN(C(=O)c3ccnn3C)C2)C1. The summed E-state index contributed by atoms with van der Waals surface area (Å²) in [4.78, 5) is 16.9. The average Bonchev–Trinajstić information content (AvgIpc) is 2.81. The van der Waals surface area contributed by atoms with Gasteiger partial charge in [0.25, 0.3) is 5.91 Å². The molecular formula is C15H24N4O. The smallest absolute Gasteiger partial charge is 0.272 e. The van der Waals surface area contributed by atoms with Gasteiger partial charge in [0.15, 0.2) is 0 Å². The molecule has 110 valence electrons. The summed E-state index contributed by atoms with van der Waals surface area (Å²) in [5, 5.41) is 4.08. The van der Waals surface area contributed by atoms with Gasteiger partial charge in [-0.2, -0.15) is 5.10 Å². The first-order valence-electron chi connectivity index (χ1n) is 7.52. The van der Waals surface area contributed by atoms with Crippen LogP contribution in [0.1, 0.15) is 37.2 Å². The van der Waals surface area contributed by atoms with E-state index in [1.807, 2.05) is 11.9 Å². The summed E-state index contributed by atoms with van der Waals surface area (Å²) in [7, 11) is 1.82. The molecule has 1 spiro atoms.